The maximum atomic E-state index is 12.9. The third kappa shape index (κ3) is 3.35. The molecule has 6 nitrogen and oxygen atoms in total. The van der Waals surface area contributed by atoms with Gasteiger partial charge in [-0.1, -0.05) is 24.3 Å². The lowest BCUT2D eigenvalue weighted by atomic mass is 9.96. The molecule has 0 aliphatic carbocycles. The van der Waals surface area contributed by atoms with Gasteiger partial charge >= 0.3 is 0 Å². The zero-order valence-electron chi connectivity index (χ0n) is 14.9. The molecule has 0 spiro atoms. The molecule has 6 heteroatoms. The first-order chi connectivity index (χ1) is 12.5. The van der Waals surface area contributed by atoms with Crippen LogP contribution in [0.2, 0.25) is 0 Å². The van der Waals surface area contributed by atoms with Crippen molar-refractivity contribution in [3.05, 3.63) is 53.6 Å². The van der Waals surface area contributed by atoms with Crippen molar-refractivity contribution >= 4 is 17.5 Å². The molecular weight excluding hydrogens is 332 g/mol. The molecular formula is C20H22N2O4. The number of carbonyl (C=O) groups excluding carboxylic acids is 2. The number of rotatable bonds is 5. The van der Waals surface area contributed by atoms with E-state index in [1.807, 2.05) is 31.2 Å². The smallest absolute Gasteiger partial charge is 0.265 e. The molecule has 2 aromatic rings. The summed E-state index contributed by atoms with van der Waals surface area (Å²) in [5.74, 6) is -0.260. The predicted octanol–water partition coefficient (Wildman–Crippen LogP) is 2.54. The van der Waals surface area contributed by atoms with Gasteiger partial charge in [0.1, 0.15) is 0 Å². The second-order valence-corrected chi connectivity index (χ2v) is 6.27. The maximum Gasteiger partial charge on any atom is 0.265 e. The monoisotopic (exact) mass is 354 g/mol. The quantitative estimate of drug-likeness (QED) is 0.895. The lowest BCUT2D eigenvalue weighted by molar-refractivity contribution is -0.121. The lowest BCUT2D eigenvalue weighted by Gasteiger charge is -2.35. The van der Waals surface area contributed by atoms with E-state index in [9.17, 15) is 9.59 Å². The molecule has 0 radical (unpaired) electrons. The van der Waals surface area contributed by atoms with Crippen LogP contribution in [-0.4, -0.2) is 31.6 Å². The van der Waals surface area contributed by atoms with Crippen LogP contribution in [0, 0.1) is 0 Å². The van der Waals surface area contributed by atoms with Crippen molar-refractivity contribution in [1.29, 1.82) is 0 Å². The molecule has 1 aliphatic heterocycles. The summed E-state index contributed by atoms with van der Waals surface area (Å²) in [6, 6.07) is 12.8. The average molecular weight is 354 g/mol. The predicted molar refractivity (Wildman–Crippen MR) is 98.7 cm³/mol. The van der Waals surface area contributed by atoms with Gasteiger partial charge in [0.15, 0.2) is 18.1 Å². The van der Waals surface area contributed by atoms with Gasteiger partial charge in [-0.25, -0.2) is 0 Å². The summed E-state index contributed by atoms with van der Waals surface area (Å²) in [4.78, 5) is 26.3. The molecule has 1 atom stereocenters. The minimum Gasteiger partial charge on any atom is -0.493 e. The SMILES string of the molecule is COc1cccc(C(N)=O)c1OCC(=O)N1c2ccccc2CC[C@H]1C. The molecule has 1 heterocycles. The van der Waals surface area contributed by atoms with Gasteiger partial charge in [0.2, 0.25) is 0 Å². The normalized spacial score (nSPS) is 15.9. The van der Waals surface area contributed by atoms with Gasteiger partial charge in [0, 0.05) is 11.7 Å². The van der Waals surface area contributed by atoms with E-state index in [1.165, 1.54) is 7.11 Å². The molecule has 2 N–H and O–H groups in total. The number of para-hydroxylation sites is 2. The van der Waals surface area contributed by atoms with Crippen LogP contribution in [0.15, 0.2) is 42.5 Å². The van der Waals surface area contributed by atoms with Crippen LogP contribution in [-0.2, 0) is 11.2 Å². The van der Waals surface area contributed by atoms with Crippen LogP contribution in [0.25, 0.3) is 0 Å². The van der Waals surface area contributed by atoms with Crippen LogP contribution in [0.5, 0.6) is 11.5 Å². The van der Waals surface area contributed by atoms with Gasteiger partial charge in [0.05, 0.1) is 12.7 Å². The number of nitrogens with zero attached hydrogens (tertiary/aromatic N) is 1. The zero-order valence-corrected chi connectivity index (χ0v) is 14.9. The molecule has 0 saturated carbocycles. The van der Waals surface area contributed by atoms with Crippen LogP contribution < -0.4 is 20.1 Å². The second-order valence-electron chi connectivity index (χ2n) is 6.27. The molecule has 0 unspecified atom stereocenters. The van der Waals surface area contributed by atoms with Crippen LogP contribution in [0.3, 0.4) is 0 Å². The summed E-state index contributed by atoms with van der Waals surface area (Å²) in [5, 5.41) is 0. The van der Waals surface area contributed by atoms with Gasteiger partial charge in [-0.05, 0) is 43.5 Å². The third-order valence-electron chi connectivity index (χ3n) is 4.60. The Labute approximate surface area is 152 Å². The number of hydrogen-bond donors (Lipinski definition) is 1. The Morgan fingerprint density at radius 3 is 2.69 bits per heavy atom. The molecule has 136 valence electrons. The van der Waals surface area contributed by atoms with Crippen molar-refractivity contribution in [3.63, 3.8) is 0 Å². The van der Waals surface area contributed by atoms with Gasteiger partial charge in [-0.15, -0.1) is 0 Å². The standard InChI is InChI=1S/C20H22N2O4/c1-13-10-11-14-6-3-4-8-16(14)22(13)18(23)12-26-19-15(20(21)24)7-5-9-17(19)25-2/h3-9,13H,10-12H2,1-2H3,(H2,21,24)/t13-/m1/s1. The van der Waals surface area contributed by atoms with Gasteiger partial charge in [-0.3, -0.25) is 9.59 Å². The number of ether oxygens (including phenoxy) is 2. The molecule has 1 aliphatic rings. The van der Waals surface area contributed by atoms with Crippen molar-refractivity contribution in [2.75, 3.05) is 18.6 Å². The van der Waals surface area contributed by atoms with Gasteiger partial charge in [0.25, 0.3) is 11.8 Å². The number of benzene rings is 2. The van der Waals surface area contributed by atoms with E-state index in [-0.39, 0.29) is 29.9 Å². The summed E-state index contributed by atoms with van der Waals surface area (Å²) in [7, 11) is 1.47. The number of anilines is 1. The molecule has 0 fully saturated rings. The van der Waals surface area contributed by atoms with Gasteiger partial charge < -0.3 is 20.1 Å². The highest BCUT2D eigenvalue weighted by Gasteiger charge is 2.28. The molecule has 2 amide bonds. The summed E-state index contributed by atoms with van der Waals surface area (Å²) in [6.45, 7) is 1.81. The van der Waals surface area contributed by atoms with Crippen molar-refractivity contribution in [1.82, 2.24) is 0 Å². The van der Waals surface area contributed by atoms with Crippen LogP contribution >= 0.6 is 0 Å². The van der Waals surface area contributed by atoms with Crippen molar-refractivity contribution in [2.24, 2.45) is 5.73 Å². The Morgan fingerprint density at radius 1 is 1.19 bits per heavy atom. The Kier molecular flexibility index (Phi) is 5.11. The first-order valence-electron chi connectivity index (χ1n) is 8.52. The van der Waals surface area contributed by atoms with Crippen molar-refractivity contribution in [2.45, 2.75) is 25.8 Å². The van der Waals surface area contributed by atoms with E-state index in [0.717, 1.165) is 24.1 Å². The first-order valence-corrected chi connectivity index (χ1v) is 8.52. The van der Waals surface area contributed by atoms with E-state index in [2.05, 4.69) is 0 Å². The largest absolute Gasteiger partial charge is 0.493 e. The molecule has 0 bridgehead atoms. The van der Waals surface area contributed by atoms with E-state index in [0.29, 0.717) is 5.75 Å². The first kappa shape index (κ1) is 17.8. The highest BCUT2D eigenvalue weighted by Crippen LogP contribution is 2.33. The molecule has 0 aromatic heterocycles. The lowest BCUT2D eigenvalue weighted by Crippen LogP contribution is -2.44. The number of primary amides is 1. The fourth-order valence-corrected chi connectivity index (χ4v) is 3.29. The minimum absolute atomic E-state index is 0.0780. The Morgan fingerprint density at radius 2 is 1.96 bits per heavy atom. The number of aryl methyl sites for hydroxylation is 1. The summed E-state index contributed by atoms with van der Waals surface area (Å²) in [6.07, 6.45) is 1.84. The number of nitrogens with two attached hydrogens (primary N) is 1. The van der Waals surface area contributed by atoms with E-state index >= 15 is 0 Å². The summed E-state index contributed by atoms with van der Waals surface area (Å²) in [5.41, 5.74) is 7.65. The Bertz CT molecular complexity index is 834. The average Bonchev–Trinajstić information content (AvgIpc) is 2.65. The Balaban J connectivity index is 1.83. The number of carbonyl (C=O) groups is 2. The third-order valence-corrected chi connectivity index (χ3v) is 4.60. The Hall–Kier alpha value is -3.02. The van der Waals surface area contributed by atoms with E-state index < -0.39 is 5.91 Å². The summed E-state index contributed by atoms with van der Waals surface area (Å²) < 4.78 is 10.9. The molecule has 2 aromatic carbocycles. The topological polar surface area (TPSA) is 81.9 Å². The summed E-state index contributed by atoms with van der Waals surface area (Å²) >= 11 is 0. The second kappa shape index (κ2) is 7.47. The number of fused-ring (bicyclic) bond motifs is 1. The number of amides is 2. The molecule has 0 saturated heterocycles. The van der Waals surface area contributed by atoms with Gasteiger partial charge in [-0.2, -0.15) is 0 Å². The van der Waals surface area contributed by atoms with Crippen LogP contribution in [0.1, 0.15) is 29.3 Å². The molecule has 26 heavy (non-hydrogen) atoms. The van der Waals surface area contributed by atoms with E-state index in [4.69, 9.17) is 15.2 Å². The maximum absolute atomic E-state index is 12.9. The zero-order chi connectivity index (χ0) is 18.7. The number of hydrogen-bond acceptors (Lipinski definition) is 4. The van der Waals surface area contributed by atoms with Crippen LogP contribution in [0.4, 0.5) is 5.69 Å². The van der Waals surface area contributed by atoms with E-state index in [1.54, 1.807) is 23.1 Å². The minimum atomic E-state index is -0.636. The fraction of sp³-hybridized carbons (Fsp3) is 0.300. The highest BCUT2D eigenvalue weighted by molar-refractivity contribution is 5.98. The van der Waals surface area contributed by atoms with Crippen molar-refractivity contribution < 1.29 is 19.1 Å². The highest BCUT2D eigenvalue weighted by atomic mass is 16.5. The molecule has 3 rings (SSSR count). The number of methoxy groups -OCH3 is 1. The van der Waals surface area contributed by atoms with Crippen molar-refractivity contribution in [3.8, 4) is 11.5 Å². The fourth-order valence-electron chi connectivity index (χ4n) is 3.29.